The van der Waals surface area contributed by atoms with Crippen molar-refractivity contribution < 1.29 is 19.1 Å². The predicted molar refractivity (Wildman–Crippen MR) is 84.2 cm³/mol. The highest BCUT2D eigenvalue weighted by Crippen LogP contribution is 2.42. The van der Waals surface area contributed by atoms with Crippen molar-refractivity contribution in [2.45, 2.75) is 32.4 Å². The minimum absolute atomic E-state index is 0.0759. The number of likely N-dealkylation sites (tertiary alicyclic amines) is 1. The van der Waals surface area contributed by atoms with Gasteiger partial charge in [-0.05, 0) is 18.9 Å². The topological polar surface area (TPSA) is 75.7 Å². The average Bonchev–Trinajstić information content (AvgIpc) is 2.57. The molecule has 1 aliphatic rings. The lowest BCUT2D eigenvalue weighted by Crippen LogP contribution is -2.74. The van der Waals surface area contributed by atoms with Crippen molar-refractivity contribution in [3.05, 3.63) is 35.9 Å². The van der Waals surface area contributed by atoms with Crippen molar-refractivity contribution >= 4 is 18.3 Å². The average molecular weight is 318 g/mol. The van der Waals surface area contributed by atoms with E-state index < -0.39 is 17.4 Å². The number of carbonyl (C=O) groups is 3. The molecule has 1 aromatic rings. The molecule has 23 heavy (non-hydrogen) atoms. The van der Waals surface area contributed by atoms with Gasteiger partial charge in [0.1, 0.15) is 0 Å². The molecule has 0 spiro atoms. The van der Waals surface area contributed by atoms with E-state index in [-0.39, 0.29) is 12.5 Å². The van der Waals surface area contributed by atoms with Gasteiger partial charge in [-0.15, -0.1) is 0 Å². The fraction of sp³-hybridized carbons (Fsp3) is 0.471. The van der Waals surface area contributed by atoms with E-state index in [1.807, 2.05) is 30.3 Å². The Morgan fingerprint density at radius 2 is 2.09 bits per heavy atom. The van der Waals surface area contributed by atoms with E-state index >= 15 is 0 Å². The van der Waals surface area contributed by atoms with Gasteiger partial charge in [0, 0.05) is 13.1 Å². The summed E-state index contributed by atoms with van der Waals surface area (Å²) in [6, 6.07) is 9.51. The summed E-state index contributed by atoms with van der Waals surface area (Å²) in [6.07, 6.45) is 0.926. The third kappa shape index (κ3) is 3.06. The summed E-state index contributed by atoms with van der Waals surface area (Å²) in [5.74, 6) is -0.942. The minimum Gasteiger partial charge on any atom is -0.464 e. The highest BCUT2D eigenvalue weighted by Gasteiger charge is 2.62. The molecule has 0 saturated carbocycles. The molecule has 6 nitrogen and oxygen atoms in total. The van der Waals surface area contributed by atoms with Crippen LogP contribution in [0.15, 0.2) is 30.3 Å². The van der Waals surface area contributed by atoms with Crippen LogP contribution in [0, 0.1) is 5.92 Å². The van der Waals surface area contributed by atoms with Gasteiger partial charge in [0.25, 0.3) is 0 Å². The van der Waals surface area contributed by atoms with Gasteiger partial charge in [0.15, 0.2) is 5.54 Å². The number of amides is 2. The minimum atomic E-state index is -1.01. The molecule has 0 unspecified atom stereocenters. The predicted octanol–water partition coefficient (Wildman–Crippen LogP) is 1.10. The zero-order valence-corrected chi connectivity index (χ0v) is 13.5. The molecule has 1 fully saturated rings. The molecule has 1 saturated heterocycles. The van der Waals surface area contributed by atoms with Crippen LogP contribution in [-0.4, -0.2) is 41.9 Å². The largest absolute Gasteiger partial charge is 0.464 e. The van der Waals surface area contributed by atoms with Crippen LogP contribution in [0.5, 0.6) is 0 Å². The highest BCUT2D eigenvalue weighted by atomic mass is 16.5. The molecule has 124 valence electrons. The molecule has 2 atom stereocenters. The van der Waals surface area contributed by atoms with E-state index in [1.165, 1.54) is 0 Å². The zero-order chi connectivity index (χ0) is 16.9. The lowest BCUT2D eigenvalue weighted by molar-refractivity contribution is -0.192. The molecular formula is C17H22N2O4. The van der Waals surface area contributed by atoms with Crippen molar-refractivity contribution in [3.8, 4) is 0 Å². The summed E-state index contributed by atoms with van der Waals surface area (Å²) >= 11 is 0. The Hall–Kier alpha value is -2.37. The van der Waals surface area contributed by atoms with E-state index in [9.17, 15) is 14.4 Å². The van der Waals surface area contributed by atoms with Gasteiger partial charge in [-0.25, -0.2) is 4.79 Å². The molecule has 1 aromatic carbocycles. The molecular weight excluding hydrogens is 296 g/mol. The summed E-state index contributed by atoms with van der Waals surface area (Å²) < 4.78 is 5.22. The van der Waals surface area contributed by atoms with Gasteiger partial charge in [-0.2, -0.15) is 0 Å². The maximum Gasteiger partial charge on any atom is 0.332 e. The van der Waals surface area contributed by atoms with Crippen LogP contribution in [0.4, 0.5) is 0 Å². The number of nitrogens with zero attached hydrogens (tertiary/aromatic N) is 1. The van der Waals surface area contributed by atoms with E-state index in [4.69, 9.17) is 4.74 Å². The molecule has 0 aromatic heterocycles. The first-order chi connectivity index (χ1) is 11.1. The van der Waals surface area contributed by atoms with Crippen molar-refractivity contribution in [1.82, 2.24) is 10.2 Å². The molecule has 1 aliphatic heterocycles. The third-order valence-corrected chi connectivity index (χ3v) is 4.38. The van der Waals surface area contributed by atoms with Crippen LogP contribution in [0.3, 0.4) is 0 Å². The molecule has 1 heterocycles. The number of nitrogens with one attached hydrogen (secondary N) is 1. The Labute approximate surface area is 135 Å². The zero-order valence-electron chi connectivity index (χ0n) is 13.5. The second-order valence-electron chi connectivity index (χ2n) is 5.60. The lowest BCUT2D eigenvalue weighted by atomic mass is 9.71. The van der Waals surface area contributed by atoms with Crippen molar-refractivity contribution in [3.63, 3.8) is 0 Å². The fourth-order valence-corrected chi connectivity index (χ4v) is 3.11. The van der Waals surface area contributed by atoms with Crippen molar-refractivity contribution in [2.24, 2.45) is 5.92 Å². The first-order valence-electron chi connectivity index (χ1n) is 7.77. The third-order valence-electron chi connectivity index (χ3n) is 4.38. The summed E-state index contributed by atoms with van der Waals surface area (Å²) in [7, 11) is 0. The molecule has 0 aliphatic carbocycles. The van der Waals surface area contributed by atoms with Gasteiger partial charge >= 0.3 is 5.97 Å². The van der Waals surface area contributed by atoms with Gasteiger partial charge in [0.05, 0.1) is 12.5 Å². The Morgan fingerprint density at radius 1 is 1.39 bits per heavy atom. The normalized spacial score (nSPS) is 23.1. The maximum absolute atomic E-state index is 12.6. The monoisotopic (exact) mass is 318 g/mol. The number of β-lactam (4-membered cyclic amide) rings is 1. The maximum atomic E-state index is 12.6. The van der Waals surface area contributed by atoms with Crippen LogP contribution < -0.4 is 5.32 Å². The molecule has 2 rings (SSSR count). The number of benzene rings is 1. The van der Waals surface area contributed by atoms with E-state index in [1.54, 1.807) is 18.7 Å². The Kier molecular flexibility index (Phi) is 5.36. The van der Waals surface area contributed by atoms with E-state index in [0.717, 1.165) is 5.56 Å². The van der Waals surface area contributed by atoms with Gasteiger partial charge < -0.3 is 15.0 Å². The van der Waals surface area contributed by atoms with Gasteiger partial charge in [-0.1, -0.05) is 37.3 Å². The van der Waals surface area contributed by atoms with E-state index in [2.05, 4.69) is 5.32 Å². The second kappa shape index (κ2) is 7.26. The van der Waals surface area contributed by atoms with Crippen LogP contribution in [0.25, 0.3) is 0 Å². The summed E-state index contributed by atoms with van der Waals surface area (Å²) in [4.78, 5) is 37.0. The molecule has 2 amide bonds. The molecule has 6 heteroatoms. The number of carbonyl (C=O) groups excluding carboxylic acids is 3. The quantitative estimate of drug-likeness (QED) is 0.337. The molecule has 1 N–H and O–H groups in total. The highest BCUT2D eigenvalue weighted by molar-refractivity contribution is 6.00. The Morgan fingerprint density at radius 3 is 2.70 bits per heavy atom. The Bertz CT molecular complexity index is 575. The SMILES string of the molecule is CCOC(=O)[C@@]1(CCNC=O)[C@@H](C)C(=O)N1Cc1ccccc1. The van der Waals surface area contributed by atoms with Crippen LogP contribution >= 0.6 is 0 Å². The number of ether oxygens (including phenoxy) is 1. The van der Waals surface area contributed by atoms with Crippen molar-refractivity contribution in [1.29, 1.82) is 0 Å². The van der Waals surface area contributed by atoms with Crippen molar-refractivity contribution in [2.75, 3.05) is 13.2 Å². The first-order valence-corrected chi connectivity index (χ1v) is 7.77. The number of hydrogen-bond donors (Lipinski definition) is 1. The van der Waals surface area contributed by atoms with Gasteiger partial charge in [0.2, 0.25) is 12.3 Å². The van der Waals surface area contributed by atoms with Crippen LogP contribution in [0.1, 0.15) is 25.8 Å². The number of rotatable bonds is 8. The molecule has 0 bridgehead atoms. The van der Waals surface area contributed by atoms with E-state index in [0.29, 0.717) is 25.9 Å². The fourth-order valence-electron chi connectivity index (χ4n) is 3.11. The summed E-state index contributed by atoms with van der Waals surface area (Å²) in [5.41, 5.74) is -0.0661. The Balaban J connectivity index is 2.26. The second-order valence-corrected chi connectivity index (χ2v) is 5.60. The number of hydrogen-bond acceptors (Lipinski definition) is 4. The number of esters is 1. The summed E-state index contributed by atoms with van der Waals surface area (Å²) in [6.45, 7) is 4.39. The molecule has 0 radical (unpaired) electrons. The van der Waals surface area contributed by atoms with Crippen LogP contribution in [-0.2, 0) is 25.7 Å². The standard InChI is InChI=1S/C17H22N2O4/c1-3-23-16(22)17(9-10-18-12-20)13(2)15(21)19(17)11-14-7-5-4-6-8-14/h4-8,12-13H,3,9-11H2,1-2H3,(H,18,20)/t13-,17+/m0/s1. The summed E-state index contributed by atoms with van der Waals surface area (Å²) in [5, 5.41) is 2.56. The lowest BCUT2D eigenvalue weighted by Gasteiger charge is -2.54. The first kappa shape index (κ1) is 17.0. The smallest absolute Gasteiger partial charge is 0.332 e. The van der Waals surface area contributed by atoms with Gasteiger partial charge in [-0.3, -0.25) is 9.59 Å². The van der Waals surface area contributed by atoms with Crippen LogP contribution in [0.2, 0.25) is 0 Å².